The standard InChI is InChI=1S/C14H17IO2Si/c1-18(2,3)10-7-11-5-4-6-12(15)13(11)14-16-8-9-17-14/h4-6,14H,8-9H2,1-3H3. The fourth-order valence-corrected chi connectivity index (χ4v) is 2.93. The molecule has 0 radical (unpaired) electrons. The predicted octanol–water partition coefficient (Wildman–Crippen LogP) is 3.57. The van der Waals surface area contributed by atoms with Crippen LogP contribution in [0.25, 0.3) is 0 Å². The largest absolute Gasteiger partial charge is 0.346 e. The first kappa shape index (κ1) is 14.1. The van der Waals surface area contributed by atoms with Crippen molar-refractivity contribution in [2.75, 3.05) is 13.2 Å². The summed E-state index contributed by atoms with van der Waals surface area (Å²) in [6.45, 7) is 8.06. The van der Waals surface area contributed by atoms with Crippen LogP contribution in [0.3, 0.4) is 0 Å². The van der Waals surface area contributed by atoms with Gasteiger partial charge in [-0.05, 0) is 34.7 Å². The van der Waals surface area contributed by atoms with Crippen molar-refractivity contribution < 1.29 is 9.47 Å². The van der Waals surface area contributed by atoms with Gasteiger partial charge in [0.25, 0.3) is 0 Å². The second-order valence-corrected chi connectivity index (χ2v) is 11.2. The van der Waals surface area contributed by atoms with E-state index in [1.165, 1.54) is 0 Å². The Hall–Kier alpha value is -0.353. The fourth-order valence-electron chi connectivity index (χ4n) is 1.67. The van der Waals surface area contributed by atoms with E-state index in [1.54, 1.807) is 0 Å². The number of ether oxygens (including phenoxy) is 2. The summed E-state index contributed by atoms with van der Waals surface area (Å²) in [6.07, 6.45) is -0.246. The first-order chi connectivity index (χ1) is 8.47. The minimum atomic E-state index is -1.37. The molecule has 1 heterocycles. The molecule has 4 heteroatoms. The van der Waals surface area contributed by atoms with E-state index in [-0.39, 0.29) is 6.29 Å². The van der Waals surface area contributed by atoms with E-state index in [1.807, 2.05) is 6.07 Å². The molecule has 0 unspecified atom stereocenters. The zero-order chi connectivity index (χ0) is 13.2. The molecule has 1 aromatic carbocycles. The third-order valence-corrected chi connectivity index (χ3v) is 4.30. The molecule has 0 N–H and O–H groups in total. The zero-order valence-electron chi connectivity index (χ0n) is 10.9. The van der Waals surface area contributed by atoms with E-state index in [9.17, 15) is 0 Å². The van der Waals surface area contributed by atoms with E-state index in [0.717, 1.165) is 14.7 Å². The molecule has 0 atom stereocenters. The lowest BCUT2D eigenvalue weighted by molar-refractivity contribution is -0.0448. The highest BCUT2D eigenvalue weighted by molar-refractivity contribution is 14.1. The van der Waals surface area contributed by atoms with Crippen LogP contribution in [-0.2, 0) is 9.47 Å². The van der Waals surface area contributed by atoms with Gasteiger partial charge in [-0.25, -0.2) is 0 Å². The molecule has 0 aromatic heterocycles. The Bertz CT molecular complexity index is 491. The number of hydrogen-bond donors (Lipinski definition) is 0. The van der Waals surface area contributed by atoms with E-state index in [0.29, 0.717) is 13.2 Å². The molecule has 0 aliphatic carbocycles. The van der Waals surface area contributed by atoms with Crippen molar-refractivity contribution in [1.82, 2.24) is 0 Å². The van der Waals surface area contributed by atoms with Gasteiger partial charge in [0, 0.05) is 14.7 Å². The van der Waals surface area contributed by atoms with E-state index < -0.39 is 8.07 Å². The SMILES string of the molecule is C[Si](C)(C)C#Cc1cccc(I)c1C1OCCO1. The van der Waals surface area contributed by atoms with Crippen molar-refractivity contribution >= 4 is 30.7 Å². The van der Waals surface area contributed by atoms with Crippen molar-refractivity contribution in [3.05, 3.63) is 32.9 Å². The lowest BCUT2D eigenvalue weighted by atomic mass is 10.1. The number of hydrogen-bond acceptors (Lipinski definition) is 2. The molecule has 1 aromatic rings. The van der Waals surface area contributed by atoms with Gasteiger partial charge in [-0.3, -0.25) is 0 Å². The van der Waals surface area contributed by atoms with Gasteiger partial charge in [-0.15, -0.1) is 5.54 Å². The Morgan fingerprint density at radius 1 is 1.22 bits per heavy atom. The fraction of sp³-hybridized carbons (Fsp3) is 0.429. The molecule has 96 valence electrons. The van der Waals surface area contributed by atoms with Crippen LogP contribution in [0.15, 0.2) is 18.2 Å². The van der Waals surface area contributed by atoms with Crippen LogP contribution >= 0.6 is 22.6 Å². The van der Waals surface area contributed by atoms with Crippen molar-refractivity contribution in [3.63, 3.8) is 0 Å². The van der Waals surface area contributed by atoms with Gasteiger partial charge < -0.3 is 9.47 Å². The molecule has 0 spiro atoms. The summed E-state index contributed by atoms with van der Waals surface area (Å²) in [4.78, 5) is 0. The molecule has 0 saturated carbocycles. The van der Waals surface area contributed by atoms with Crippen LogP contribution in [0.2, 0.25) is 19.6 Å². The van der Waals surface area contributed by atoms with E-state index in [4.69, 9.17) is 9.47 Å². The average Bonchev–Trinajstić information content (AvgIpc) is 2.78. The molecule has 2 rings (SSSR count). The Morgan fingerprint density at radius 2 is 1.89 bits per heavy atom. The smallest absolute Gasteiger partial charge is 0.186 e. The summed E-state index contributed by atoms with van der Waals surface area (Å²) in [5.74, 6) is 3.32. The second kappa shape index (κ2) is 5.74. The van der Waals surface area contributed by atoms with Crippen LogP contribution in [0, 0.1) is 15.0 Å². The zero-order valence-corrected chi connectivity index (χ0v) is 14.1. The molecule has 0 amide bonds. The van der Waals surface area contributed by atoms with Gasteiger partial charge in [0.2, 0.25) is 0 Å². The van der Waals surface area contributed by atoms with Gasteiger partial charge in [0.05, 0.1) is 13.2 Å². The van der Waals surface area contributed by atoms with Gasteiger partial charge in [0.1, 0.15) is 8.07 Å². The van der Waals surface area contributed by atoms with Crippen LogP contribution in [-0.4, -0.2) is 21.3 Å². The van der Waals surface area contributed by atoms with E-state index >= 15 is 0 Å². The maximum atomic E-state index is 5.61. The summed E-state index contributed by atoms with van der Waals surface area (Å²) in [5, 5.41) is 0. The van der Waals surface area contributed by atoms with Crippen molar-refractivity contribution in [2.45, 2.75) is 25.9 Å². The number of benzene rings is 1. The van der Waals surface area contributed by atoms with Gasteiger partial charge in [0.15, 0.2) is 6.29 Å². The second-order valence-electron chi connectivity index (χ2n) is 5.27. The van der Waals surface area contributed by atoms with Crippen molar-refractivity contribution in [1.29, 1.82) is 0 Å². The highest BCUT2D eigenvalue weighted by Gasteiger charge is 2.23. The Morgan fingerprint density at radius 3 is 2.50 bits per heavy atom. The first-order valence-electron chi connectivity index (χ1n) is 6.02. The first-order valence-corrected chi connectivity index (χ1v) is 10.6. The predicted molar refractivity (Wildman–Crippen MR) is 84.0 cm³/mol. The Kier molecular flexibility index (Phi) is 4.48. The molecule has 1 aliphatic heterocycles. The van der Waals surface area contributed by atoms with Crippen LogP contribution in [0.4, 0.5) is 0 Å². The number of halogens is 1. The third-order valence-electron chi connectivity index (χ3n) is 2.48. The summed E-state index contributed by atoms with van der Waals surface area (Å²) in [7, 11) is -1.37. The Labute approximate surface area is 123 Å². The minimum Gasteiger partial charge on any atom is -0.346 e. The summed E-state index contributed by atoms with van der Waals surface area (Å²) in [6, 6.07) is 6.16. The normalized spacial score (nSPS) is 16.4. The lowest BCUT2D eigenvalue weighted by Gasteiger charge is -2.14. The van der Waals surface area contributed by atoms with E-state index in [2.05, 4.69) is 65.8 Å². The molecule has 18 heavy (non-hydrogen) atoms. The maximum absolute atomic E-state index is 5.61. The van der Waals surface area contributed by atoms with Crippen LogP contribution in [0.5, 0.6) is 0 Å². The lowest BCUT2D eigenvalue weighted by Crippen LogP contribution is -2.16. The summed E-state index contributed by atoms with van der Waals surface area (Å²) >= 11 is 2.32. The highest BCUT2D eigenvalue weighted by atomic mass is 127. The van der Waals surface area contributed by atoms with Gasteiger partial charge in [-0.1, -0.05) is 31.6 Å². The van der Waals surface area contributed by atoms with Crippen LogP contribution in [0.1, 0.15) is 17.4 Å². The molecule has 1 fully saturated rings. The molecular formula is C14H17IO2Si. The third kappa shape index (κ3) is 3.57. The monoisotopic (exact) mass is 372 g/mol. The molecule has 1 saturated heterocycles. The highest BCUT2D eigenvalue weighted by Crippen LogP contribution is 2.30. The molecular weight excluding hydrogens is 355 g/mol. The molecule has 0 bridgehead atoms. The van der Waals surface area contributed by atoms with Crippen molar-refractivity contribution in [3.8, 4) is 11.5 Å². The Balaban J connectivity index is 2.40. The molecule has 1 aliphatic rings. The van der Waals surface area contributed by atoms with Gasteiger partial charge in [-0.2, -0.15) is 0 Å². The summed E-state index contributed by atoms with van der Waals surface area (Å²) < 4.78 is 12.4. The van der Waals surface area contributed by atoms with Crippen molar-refractivity contribution in [2.24, 2.45) is 0 Å². The molecule has 2 nitrogen and oxygen atoms in total. The average molecular weight is 372 g/mol. The summed E-state index contributed by atoms with van der Waals surface area (Å²) in [5.41, 5.74) is 5.53. The number of rotatable bonds is 1. The van der Waals surface area contributed by atoms with Gasteiger partial charge >= 0.3 is 0 Å². The topological polar surface area (TPSA) is 18.5 Å². The maximum Gasteiger partial charge on any atom is 0.186 e. The van der Waals surface area contributed by atoms with Crippen LogP contribution < -0.4 is 0 Å². The quantitative estimate of drug-likeness (QED) is 0.426. The minimum absolute atomic E-state index is 0.246.